The molecule has 0 fully saturated rings. The normalized spacial score (nSPS) is 16.0. The summed E-state index contributed by atoms with van der Waals surface area (Å²) in [5, 5.41) is 0.0829. The first-order valence-corrected chi connectivity index (χ1v) is 13.2. The zero-order valence-electron chi connectivity index (χ0n) is 16.0. The molecule has 0 saturated heterocycles. The molecule has 1 aromatic rings. The van der Waals surface area contributed by atoms with Crippen LogP contribution in [0, 0.1) is 0 Å². The minimum atomic E-state index is -5.31. The minimum absolute atomic E-state index is 0.0829. The van der Waals surface area contributed by atoms with Gasteiger partial charge < -0.3 is 4.43 Å². The highest BCUT2D eigenvalue weighted by atomic mass is 32.2. The third-order valence-corrected chi connectivity index (χ3v) is 11.7. The van der Waals surface area contributed by atoms with Crippen molar-refractivity contribution in [1.82, 2.24) is 0 Å². The van der Waals surface area contributed by atoms with E-state index >= 15 is 0 Å². The number of fused-ring (bicyclic) bond motifs is 1. The van der Waals surface area contributed by atoms with E-state index in [0.29, 0.717) is 37.9 Å². The molecule has 0 N–H and O–H groups in total. The first-order valence-electron chi connectivity index (χ1n) is 8.77. The summed E-state index contributed by atoms with van der Waals surface area (Å²) in [5.41, 5.74) is -3.27. The molecule has 0 atom stereocenters. The van der Waals surface area contributed by atoms with Gasteiger partial charge >= 0.3 is 5.51 Å². The Morgan fingerprint density at radius 1 is 1.08 bits per heavy atom. The molecule has 2 rings (SSSR count). The molecular formula is C18H27F3O3SSi. The van der Waals surface area contributed by atoms with E-state index in [-0.39, 0.29) is 5.04 Å². The van der Waals surface area contributed by atoms with Crippen molar-refractivity contribution in [2.75, 3.05) is 6.61 Å². The number of benzene rings is 1. The topological polar surface area (TPSA) is 43.4 Å². The monoisotopic (exact) mass is 408 g/mol. The second kappa shape index (κ2) is 6.94. The predicted molar refractivity (Wildman–Crippen MR) is 98.6 cm³/mol. The van der Waals surface area contributed by atoms with Crippen LogP contribution in [0.15, 0.2) is 17.0 Å². The van der Waals surface area contributed by atoms with E-state index in [2.05, 4.69) is 33.9 Å². The summed E-state index contributed by atoms with van der Waals surface area (Å²) in [6, 6.07) is 2.65. The van der Waals surface area contributed by atoms with E-state index in [1.807, 2.05) is 0 Å². The molecule has 148 valence electrons. The fourth-order valence-corrected chi connectivity index (χ4v) is 5.08. The Hall–Kier alpha value is -0.863. The van der Waals surface area contributed by atoms with Gasteiger partial charge in [-0.15, -0.1) is 0 Å². The van der Waals surface area contributed by atoms with Crippen molar-refractivity contribution in [3.8, 4) is 0 Å². The van der Waals surface area contributed by atoms with Crippen LogP contribution >= 0.6 is 0 Å². The van der Waals surface area contributed by atoms with Crippen molar-refractivity contribution in [3.05, 3.63) is 28.8 Å². The number of hydrogen-bond acceptors (Lipinski definition) is 3. The number of halogens is 3. The quantitative estimate of drug-likeness (QED) is 0.642. The summed E-state index contributed by atoms with van der Waals surface area (Å²) in [7, 11) is -7.20. The lowest BCUT2D eigenvalue weighted by Gasteiger charge is -2.36. The van der Waals surface area contributed by atoms with Crippen LogP contribution in [0.25, 0.3) is 0 Å². The van der Waals surface area contributed by atoms with E-state index in [9.17, 15) is 21.6 Å². The lowest BCUT2D eigenvalue weighted by Crippen LogP contribution is -2.41. The van der Waals surface area contributed by atoms with Crippen LogP contribution in [-0.4, -0.2) is 28.9 Å². The van der Waals surface area contributed by atoms with Crippen LogP contribution in [0.4, 0.5) is 13.2 Å². The highest BCUT2D eigenvalue weighted by molar-refractivity contribution is 7.92. The van der Waals surface area contributed by atoms with Crippen LogP contribution in [0.2, 0.25) is 18.1 Å². The van der Waals surface area contributed by atoms with Crippen molar-refractivity contribution in [1.29, 1.82) is 0 Å². The molecule has 0 saturated carbocycles. The van der Waals surface area contributed by atoms with Gasteiger partial charge in [-0.1, -0.05) is 26.8 Å². The second-order valence-electron chi connectivity index (χ2n) is 8.34. The highest BCUT2D eigenvalue weighted by Gasteiger charge is 2.48. The molecule has 1 aromatic carbocycles. The van der Waals surface area contributed by atoms with E-state index in [1.54, 1.807) is 0 Å². The number of sulfone groups is 1. The summed E-state index contributed by atoms with van der Waals surface area (Å²) in [6.07, 6.45) is 2.25. The van der Waals surface area contributed by atoms with Gasteiger partial charge in [-0.05, 0) is 66.6 Å². The molecule has 0 bridgehead atoms. The van der Waals surface area contributed by atoms with E-state index < -0.39 is 28.6 Å². The maximum Gasteiger partial charge on any atom is 0.501 e. The molecule has 8 heteroatoms. The molecule has 1 aliphatic rings. The summed E-state index contributed by atoms with van der Waals surface area (Å²) >= 11 is 0. The number of hydrogen-bond donors (Lipinski definition) is 0. The van der Waals surface area contributed by atoms with Crippen molar-refractivity contribution in [2.24, 2.45) is 0 Å². The first kappa shape index (κ1) is 21.4. The highest BCUT2D eigenvalue weighted by Crippen LogP contribution is 2.39. The Morgan fingerprint density at radius 2 is 1.65 bits per heavy atom. The molecule has 0 radical (unpaired) electrons. The van der Waals surface area contributed by atoms with Gasteiger partial charge in [0.2, 0.25) is 0 Å². The van der Waals surface area contributed by atoms with Crippen molar-refractivity contribution < 1.29 is 26.0 Å². The van der Waals surface area contributed by atoms with Gasteiger partial charge in [0.1, 0.15) is 0 Å². The standard InChI is InChI=1S/C18H27F3O3SSi/c1-17(2,3)26(4,5)24-12-11-13-9-10-16(15-8-6-7-14(13)15)25(22,23)18(19,20)21/h9-10H,6-8,11-12H2,1-5H3. The maximum absolute atomic E-state index is 12.9. The average molecular weight is 409 g/mol. The Kier molecular flexibility index (Phi) is 5.73. The minimum Gasteiger partial charge on any atom is -0.416 e. The van der Waals surface area contributed by atoms with Gasteiger partial charge in [0.25, 0.3) is 9.84 Å². The van der Waals surface area contributed by atoms with Crippen LogP contribution < -0.4 is 0 Å². The van der Waals surface area contributed by atoms with E-state index in [1.165, 1.54) is 6.07 Å². The molecule has 3 nitrogen and oxygen atoms in total. The van der Waals surface area contributed by atoms with Crippen molar-refractivity contribution in [2.45, 2.75) is 75.0 Å². The second-order valence-corrected chi connectivity index (χ2v) is 15.1. The maximum atomic E-state index is 12.9. The van der Waals surface area contributed by atoms with Gasteiger partial charge in [0.15, 0.2) is 8.32 Å². The Labute approximate surface area is 155 Å². The van der Waals surface area contributed by atoms with Gasteiger partial charge in [-0.2, -0.15) is 13.2 Å². The average Bonchev–Trinajstić information content (AvgIpc) is 2.94. The smallest absolute Gasteiger partial charge is 0.416 e. The Morgan fingerprint density at radius 3 is 2.19 bits per heavy atom. The van der Waals surface area contributed by atoms with Crippen LogP contribution in [0.3, 0.4) is 0 Å². The predicted octanol–water partition coefficient (Wildman–Crippen LogP) is 5.03. The number of alkyl halides is 3. The molecule has 0 unspecified atom stereocenters. The van der Waals surface area contributed by atoms with Crippen LogP contribution in [0.5, 0.6) is 0 Å². The molecule has 1 aliphatic carbocycles. The third kappa shape index (κ3) is 4.02. The van der Waals surface area contributed by atoms with E-state index in [0.717, 1.165) is 17.2 Å². The van der Waals surface area contributed by atoms with E-state index in [4.69, 9.17) is 4.43 Å². The molecule has 0 amide bonds. The molecule has 26 heavy (non-hydrogen) atoms. The van der Waals surface area contributed by atoms with Crippen molar-refractivity contribution >= 4 is 18.2 Å². The van der Waals surface area contributed by atoms with Crippen LogP contribution in [-0.2, 0) is 33.5 Å². The Balaban J connectivity index is 2.26. The van der Waals surface area contributed by atoms with Crippen LogP contribution in [0.1, 0.15) is 43.9 Å². The zero-order chi connectivity index (χ0) is 20.0. The SMILES string of the molecule is CC(C)(C)[Si](C)(C)OCCc1ccc(S(=O)(=O)C(F)(F)F)c2c1CCC2. The molecule has 0 heterocycles. The summed E-state index contributed by atoms with van der Waals surface area (Å²) in [4.78, 5) is -0.577. The van der Waals surface area contributed by atoms with Gasteiger partial charge in [-0.25, -0.2) is 8.42 Å². The molecule has 0 aromatic heterocycles. The zero-order valence-corrected chi connectivity index (χ0v) is 17.8. The largest absolute Gasteiger partial charge is 0.501 e. The summed E-state index contributed by atoms with van der Waals surface area (Å²) in [5.74, 6) is 0. The molecule has 0 aliphatic heterocycles. The Bertz CT molecular complexity index is 778. The van der Waals surface area contributed by atoms with Gasteiger partial charge in [0, 0.05) is 6.61 Å². The number of rotatable bonds is 5. The third-order valence-electron chi connectivity index (χ3n) is 5.57. The summed E-state index contributed by atoms with van der Waals surface area (Å²) < 4.78 is 68.6. The van der Waals surface area contributed by atoms with Gasteiger partial charge in [-0.3, -0.25) is 0 Å². The fraction of sp³-hybridized carbons (Fsp3) is 0.667. The fourth-order valence-electron chi connectivity index (χ4n) is 2.99. The van der Waals surface area contributed by atoms with Gasteiger partial charge in [0.05, 0.1) is 4.90 Å². The van der Waals surface area contributed by atoms with Crippen molar-refractivity contribution in [3.63, 3.8) is 0 Å². The first-order chi connectivity index (χ1) is 11.7. The lowest BCUT2D eigenvalue weighted by atomic mass is 10.0. The molecular weight excluding hydrogens is 381 g/mol. The summed E-state index contributed by atoms with van der Waals surface area (Å²) in [6.45, 7) is 11.2. The lowest BCUT2D eigenvalue weighted by molar-refractivity contribution is -0.0436. The molecule has 0 spiro atoms.